The Morgan fingerprint density at radius 2 is 2.12 bits per heavy atom. The van der Waals surface area contributed by atoms with Gasteiger partial charge in [-0.1, -0.05) is 18.2 Å². The van der Waals surface area contributed by atoms with E-state index in [0.717, 1.165) is 53.7 Å². The van der Waals surface area contributed by atoms with Crippen LogP contribution in [0.15, 0.2) is 48.5 Å². The lowest BCUT2D eigenvalue weighted by atomic mass is 10.0. The molecule has 0 fully saturated rings. The number of rotatable bonds is 9. The lowest BCUT2D eigenvalue weighted by Gasteiger charge is -2.29. The largest absolute Gasteiger partial charge is 0.497 e. The summed E-state index contributed by atoms with van der Waals surface area (Å²) in [4.78, 5) is 17.1. The molecule has 1 aliphatic rings. The normalized spacial score (nSPS) is 15.6. The molecule has 2 aromatic carbocycles. The lowest BCUT2D eigenvalue weighted by Crippen LogP contribution is -2.32. The standard InChI is InChI=1S/C25H29N3O4/c1-32-21-6-4-19-15-20(26-23(19)16-21)10-11-28(12-13-29)24-8-5-18-14-17(2-7-22(18)24)3-9-25(30)27-31/h2-4,6-7,9,14-16,24,26,29,31H,5,8,10-13H2,1H3,(H,27,30)/b9-3+. The minimum Gasteiger partial charge on any atom is -0.497 e. The van der Waals surface area contributed by atoms with Crippen molar-refractivity contribution < 1.29 is 19.8 Å². The Kier molecular flexibility index (Phi) is 6.90. The first-order chi connectivity index (χ1) is 15.6. The molecule has 0 saturated carbocycles. The molecule has 7 nitrogen and oxygen atoms in total. The SMILES string of the molecule is COc1ccc2cc(CCN(CCO)C3CCc4cc(/C=C/C(=O)NO)ccc43)[nH]c2c1. The zero-order valence-electron chi connectivity index (χ0n) is 18.2. The molecule has 1 aliphatic carbocycles. The molecule has 0 bridgehead atoms. The van der Waals surface area contributed by atoms with Gasteiger partial charge in [-0.15, -0.1) is 0 Å². The second-order valence-electron chi connectivity index (χ2n) is 8.08. The number of H-pyrrole nitrogens is 1. The van der Waals surface area contributed by atoms with Gasteiger partial charge in [0, 0.05) is 48.9 Å². The molecule has 1 amide bonds. The van der Waals surface area contributed by atoms with E-state index in [-0.39, 0.29) is 12.6 Å². The monoisotopic (exact) mass is 435 g/mol. The van der Waals surface area contributed by atoms with Crippen LogP contribution in [0.25, 0.3) is 17.0 Å². The first-order valence-corrected chi connectivity index (χ1v) is 10.9. The molecule has 0 saturated heterocycles. The highest BCUT2D eigenvalue weighted by molar-refractivity contribution is 5.90. The number of ether oxygens (including phenoxy) is 1. The number of aliphatic hydroxyl groups excluding tert-OH is 1. The van der Waals surface area contributed by atoms with E-state index < -0.39 is 5.91 Å². The molecule has 1 heterocycles. The van der Waals surface area contributed by atoms with Gasteiger partial charge in [0.2, 0.25) is 0 Å². The summed E-state index contributed by atoms with van der Waals surface area (Å²) in [5.74, 6) is 0.287. The van der Waals surface area contributed by atoms with Crippen molar-refractivity contribution in [1.82, 2.24) is 15.4 Å². The summed E-state index contributed by atoms with van der Waals surface area (Å²) in [6.45, 7) is 1.58. The van der Waals surface area contributed by atoms with Crippen molar-refractivity contribution in [3.63, 3.8) is 0 Å². The summed E-state index contributed by atoms with van der Waals surface area (Å²) < 4.78 is 5.31. The number of aliphatic hydroxyl groups is 1. The highest BCUT2D eigenvalue weighted by Gasteiger charge is 2.27. The number of carbonyl (C=O) groups is 1. The molecule has 3 aromatic rings. The Hall–Kier alpha value is -3.13. The molecule has 32 heavy (non-hydrogen) atoms. The average Bonchev–Trinajstić information content (AvgIpc) is 3.42. The number of hydrogen-bond donors (Lipinski definition) is 4. The van der Waals surface area contributed by atoms with Crippen LogP contribution in [0, 0.1) is 0 Å². The van der Waals surface area contributed by atoms with E-state index in [1.807, 2.05) is 18.2 Å². The Labute approximate surface area is 187 Å². The number of aromatic nitrogens is 1. The van der Waals surface area contributed by atoms with Gasteiger partial charge in [0.05, 0.1) is 13.7 Å². The fourth-order valence-electron chi connectivity index (χ4n) is 4.55. The topological polar surface area (TPSA) is 97.8 Å². The van der Waals surface area contributed by atoms with Crippen molar-refractivity contribution >= 4 is 22.9 Å². The average molecular weight is 436 g/mol. The lowest BCUT2D eigenvalue weighted by molar-refractivity contribution is -0.124. The van der Waals surface area contributed by atoms with Crippen molar-refractivity contribution in [2.45, 2.75) is 25.3 Å². The number of nitrogens with one attached hydrogen (secondary N) is 2. The number of aromatic amines is 1. The van der Waals surface area contributed by atoms with E-state index in [0.29, 0.717) is 6.54 Å². The van der Waals surface area contributed by atoms with Crippen LogP contribution in [0.1, 0.15) is 34.8 Å². The maximum absolute atomic E-state index is 11.2. The molecule has 168 valence electrons. The van der Waals surface area contributed by atoms with Crippen molar-refractivity contribution in [3.8, 4) is 5.75 Å². The van der Waals surface area contributed by atoms with Crippen LogP contribution in [0.2, 0.25) is 0 Å². The molecule has 0 radical (unpaired) electrons. The molecular formula is C25H29N3O4. The molecule has 1 unspecified atom stereocenters. The number of carbonyl (C=O) groups excluding carboxylic acids is 1. The van der Waals surface area contributed by atoms with Gasteiger partial charge in [-0.05, 0) is 59.2 Å². The zero-order valence-corrected chi connectivity index (χ0v) is 18.2. The van der Waals surface area contributed by atoms with Crippen LogP contribution < -0.4 is 10.2 Å². The third kappa shape index (κ3) is 4.85. The maximum Gasteiger partial charge on any atom is 0.267 e. The van der Waals surface area contributed by atoms with Crippen molar-refractivity contribution in [2.24, 2.45) is 0 Å². The Morgan fingerprint density at radius 3 is 2.91 bits per heavy atom. The maximum atomic E-state index is 11.2. The molecule has 7 heteroatoms. The van der Waals surface area contributed by atoms with Crippen molar-refractivity contribution in [1.29, 1.82) is 0 Å². The molecule has 1 atom stereocenters. The highest BCUT2D eigenvalue weighted by atomic mass is 16.5. The Morgan fingerprint density at radius 1 is 1.25 bits per heavy atom. The summed E-state index contributed by atoms with van der Waals surface area (Å²) in [5.41, 5.74) is 7.30. The van der Waals surface area contributed by atoms with Crippen LogP contribution in [0.5, 0.6) is 5.75 Å². The van der Waals surface area contributed by atoms with E-state index >= 15 is 0 Å². The van der Waals surface area contributed by atoms with Crippen LogP contribution in [-0.2, 0) is 17.6 Å². The molecule has 0 spiro atoms. The fraction of sp³-hybridized carbons (Fsp3) is 0.320. The number of hydroxylamine groups is 1. The minimum absolute atomic E-state index is 0.118. The van der Waals surface area contributed by atoms with Gasteiger partial charge in [0.1, 0.15) is 5.75 Å². The smallest absolute Gasteiger partial charge is 0.267 e. The first kappa shape index (κ1) is 22.1. The second kappa shape index (κ2) is 9.99. The Balaban J connectivity index is 1.47. The van der Waals surface area contributed by atoms with Gasteiger partial charge in [-0.3, -0.25) is 14.9 Å². The van der Waals surface area contributed by atoms with Crippen molar-refractivity contribution in [2.75, 3.05) is 26.8 Å². The summed E-state index contributed by atoms with van der Waals surface area (Å²) >= 11 is 0. The summed E-state index contributed by atoms with van der Waals surface area (Å²) in [6.07, 6.45) is 5.82. The predicted octanol–water partition coefficient (Wildman–Crippen LogP) is 3.22. The number of fused-ring (bicyclic) bond motifs is 2. The van der Waals surface area contributed by atoms with Crippen molar-refractivity contribution in [3.05, 3.63) is 70.9 Å². The van der Waals surface area contributed by atoms with Gasteiger partial charge in [0.15, 0.2) is 0 Å². The van der Waals surface area contributed by atoms with E-state index in [2.05, 4.69) is 34.1 Å². The Bertz CT molecular complexity index is 1120. The summed E-state index contributed by atoms with van der Waals surface area (Å²) in [5, 5.41) is 19.5. The van der Waals surface area contributed by atoms with Crippen LogP contribution >= 0.6 is 0 Å². The van der Waals surface area contributed by atoms with Crippen LogP contribution in [0.3, 0.4) is 0 Å². The first-order valence-electron chi connectivity index (χ1n) is 10.9. The van der Waals surface area contributed by atoms with E-state index in [1.165, 1.54) is 17.2 Å². The second-order valence-corrected chi connectivity index (χ2v) is 8.08. The molecule has 4 rings (SSSR count). The molecule has 1 aromatic heterocycles. The minimum atomic E-state index is -0.548. The predicted molar refractivity (Wildman–Crippen MR) is 124 cm³/mol. The summed E-state index contributed by atoms with van der Waals surface area (Å²) in [6, 6.07) is 14.7. The van der Waals surface area contributed by atoms with Gasteiger partial charge >= 0.3 is 0 Å². The van der Waals surface area contributed by atoms with E-state index in [9.17, 15) is 9.90 Å². The van der Waals surface area contributed by atoms with Gasteiger partial charge in [-0.2, -0.15) is 0 Å². The summed E-state index contributed by atoms with van der Waals surface area (Å²) in [7, 11) is 1.67. The molecule has 4 N–H and O–H groups in total. The fourth-order valence-corrected chi connectivity index (χ4v) is 4.55. The molecule has 0 aliphatic heterocycles. The number of benzene rings is 2. The number of aryl methyl sites for hydroxylation is 1. The molecular weight excluding hydrogens is 406 g/mol. The third-order valence-corrected chi connectivity index (χ3v) is 6.13. The third-order valence-electron chi connectivity index (χ3n) is 6.13. The zero-order chi connectivity index (χ0) is 22.5. The van der Waals surface area contributed by atoms with Crippen LogP contribution in [0.4, 0.5) is 0 Å². The number of nitrogens with zero attached hydrogens (tertiary/aromatic N) is 1. The number of hydrogen-bond acceptors (Lipinski definition) is 5. The van der Waals surface area contributed by atoms with Gasteiger partial charge in [-0.25, -0.2) is 5.48 Å². The number of amides is 1. The van der Waals surface area contributed by atoms with E-state index in [4.69, 9.17) is 9.94 Å². The van der Waals surface area contributed by atoms with Gasteiger partial charge < -0.3 is 14.8 Å². The quantitative estimate of drug-likeness (QED) is 0.235. The highest BCUT2D eigenvalue weighted by Crippen LogP contribution is 2.36. The number of methoxy groups -OCH3 is 1. The van der Waals surface area contributed by atoms with Gasteiger partial charge in [0.25, 0.3) is 5.91 Å². The van der Waals surface area contributed by atoms with Crippen LogP contribution in [-0.4, -0.2) is 52.9 Å². The van der Waals surface area contributed by atoms with E-state index in [1.54, 1.807) is 18.7 Å².